The van der Waals surface area contributed by atoms with Crippen LogP contribution in [0.1, 0.15) is 36.5 Å². The molecular formula is C28H25NO2. The predicted octanol–water partition coefficient (Wildman–Crippen LogP) is 8.11. The van der Waals surface area contributed by atoms with Gasteiger partial charge in [-0.3, -0.25) is 0 Å². The van der Waals surface area contributed by atoms with Gasteiger partial charge >= 0.3 is 0 Å². The third kappa shape index (κ3) is 3.46. The van der Waals surface area contributed by atoms with Gasteiger partial charge in [0, 0.05) is 0 Å². The van der Waals surface area contributed by atoms with E-state index in [1.807, 2.05) is 24.3 Å². The van der Waals surface area contributed by atoms with Gasteiger partial charge in [0.1, 0.15) is 11.4 Å². The minimum atomic E-state index is 0.477. The minimum Gasteiger partial charge on any atom is -0.463 e. The Morgan fingerprint density at radius 1 is 0.710 bits per heavy atom. The smallest absolute Gasteiger partial charge is 0.152 e. The molecule has 0 radical (unpaired) electrons. The first-order chi connectivity index (χ1) is 15.0. The molecule has 0 bridgehead atoms. The van der Waals surface area contributed by atoms with Crippen LogP contribution >= 0.6 is 0 Å². The van der Waals surface area contributed by atoms with Crippen LogP contribution in [0.15, 0.2) is 82.0 Å². The lowest BCUT2D eigenvalue weighted by Crippen LogP contribution is -1.90. The van der Waals surface area contributed by atoms with E-state index in [-0.39, 0.29) is 0 Å². The monoisotopic (exact) mass is 407 g/mol. The Labute approximate surface area is 182 Å². The summed E-state index contributed by atoms with van der Waals surface area (Å²) in [6.07, 6.45) is 3.35. The summed E-state index contributed by atoms with van der Waals surface area (Å²) in [5, 5.41) is 0. The quantitative estimate of drug-likeness (QED) is 0.302. The van der Waals surface area contributed by atoms with Crippen molar-refractivity contribution in [3.05, 3.63) is 89.9 Å². The van der Waals surface area contributed by atoms with Crippen LogP contribution < -0.4 is 0 Å². The van der Waals surface area contributed by atoms with E-state index in [4.69, 9.17) is 13.8 Å². The summed E-state index contributed by atoms with van der Waals surface area (Å²) in [4.78, 5) is 4.82. The zero-order chi connectivity index (χ0) is 21.5. The molecule has 3 aromatic heterocycles. The van der Waals surface area contributed by atoms with Gasteiger partial charge in [0.2, 0.25) is 0 Å². The first kappa shape index (κ1) is 19.4. The highest BCUT2D eigenvalue weighted by molar-refractivity contribution is 5.92. The van der Waals surface area contributed by atoms with Crippen molar-refractivity contribution in [1.82, 2.24) is 4.98 Å². The molecule has 3 nitrogen and oxygen atoms in total. The molecule has 2 aliphatic carbocycles. The molecule has 2 aliphatic rings. The molecule has 0 amide bonds. The van der Waals surface area contributed by atoms with Crippen molar-refractivity contribution in [2.45, 2.75) is 33.6 Å². The van der Waals surface area contributed by atoms with Gasteiger partial charge < -0.3 is 8.83 Å². The fourth-order valence-electron chi connectivity index (χ4n) is 4.21. The number of hydrogen-bond acceptors (Lipinski definition) is 3. The van der Waals surface area contributed by atoms with Crippen molar-refractivity contribution < 1.29 is 8.83 Å². The Morgan fingerprint density at radius 2 is 1.35 bits per heavy atom. The maximum absolute atomic E-state index is 5.66. The Hall–Kier alpha value is -3.59. The largest absolute Gasteiger partial charge is 0.463 e. The van der Waals surface area contributed by atoms with Crippen molar-refractivity contribution in [1.29, 1.82) is 0 Å². The lowest BCUT2D eigenvalue weighted by atomic mass is 9.97. The second-order valence-electron chi connectivity index (χ2n) is 8.43. The standard InChI is InChI=1S/C28H25NO2/c1-17(2)20-10-9-18(3)28-22(14-20)19(4)13-23(28)21-15-24(26-7-5-11-30-26)29-25(16-21)27-8-6-12-31-27/h5-17H,1-4H3. The second kappa shape index (κ2) is 7.59. The third-order valence-corrected chi connectivity index (χ3v) is 5.91. The Kier molecular flexibility index (Phi) is 4.74. The first-order valence-corrected chi connectivity index (χ1v) is 10.7. The molecule has 3 heterocycles. The van der Waals surface area contributed by atoms with Crippen molar-refractivity contribution >= 4 is 0 Å². The molecule has 0 fully saturated rings. The zero-order valence-corrected chi connectivity index (χ0v) is 18.3. The molecule has 0 aromatic carbocycles. The molecule has 0 spiro atoms. The summed E-state index contributed by atoms with van der Waals surface area (Å²) in [6.45, 7) is 8.86. The summed E-state index contributed by atoms with van der Waals surface area (Å²) in [5.74, 6) is 1.96. The zero-order valence-electron chi connectivity index (χ0n) is 18.3. The SMILES string of the molecule is Cc1cc(-c2cc(-c3ccco3)nc(-c3ccco3)c2)c2c(C)ccc(C(C)C)cc1-2. The van der Waals surface area contributed by atoms with Gasteiger partial charge in [0.15, 0.2) is 11.5 Å². The van der Waals surface area contributed by atoms with Gasteiger partial charge in [-0.05, 0) is 95.1 Å². The van der Waals surface area contributed by atoms with E-state index < -0.39 is 0 Å². The maximum atomic E-state index is 5.66. The predicted molar refractivity (Wildman–Crippen MR) is 125 cm³/mol. The van der Waals surface area contributed by atoms with Gasteiger partial charge in [-0.15, -0.1) is 0 Å². The number of aromatic nitrogens is 1. The second-order valence-corrected chi connectivity index (χ2v) is 8.43. The number of aryl methyl sites for hydroxylation is 2. The van der Waals surface area contributed by atoms with Crippen molar-refractivity contribution in [2.75, 3.05) is 0 Å². The number of rotatable bonds is 4. The molecule has 3 heteroatoms. The molecule has 0 saturated carbocycles. The van der Waals surface area contributed by atoms with Crippen LogP contribution in [0, 0.1) is 13.8 Å². The lowest BCUT2D eigenvalue weighted by molar-refractivity contribution is 0.576. The van der Waals surface area contributed by atoms with E-state index in [0.717, 1.165) is 28.5 Å². The Balaban J connectivity index is 1.76. The number of furan rings is 2. The summed E-state index contributed by atoms with van der Waals surface area (Å²) >= 11 is 0. The van der Waals surface area contributed by atoms with Gasteiger partial charge in [-0.1, -0.05) is 38.1 Å². The molecule has 31 heavy (non-hydrogen) atoms. The number of nitrogens with zero attached hydrogens (tertiary/aromatic N) is 1. The topological polar surface area (TPSA) is 39.2 Å². The van der Waals surface area contributed by atoms with Crippen LogP contribution in [-0.2, 0) is 0 Å². The summed E-state index contributed by atoms with van der Waals surface area (Å²) in [6, 6.07) is 21.0. The van der Waals surface area contributed by atoms with Crippen molar-refractivity contribution in [3.8, 4) is 45.2 Å². The molecule has 0 saturated heterocycles. The summed E-state index contributed by atoms with van der Waals surface area (Å²) < 4.78 is 11.3. The molecule has 3 aromatic rings. The van der Waals surface area contributed by atoms with Crippen molar-refractivity contribution in [2.24, 2.45) is 0 Å². The molecular weight excluding hydrogens is 382 g/mol. The van der Waals surface area contributed by atoms with Crippen LogP contribution in [0.2, 0.25) is 0 Å². The lowest BCUT2D eigenvalue weighted by Gasteiger charge is -2.09. The third-order valence-electron chi connectivity index (χ3n) is 5.91. The van der Waals surface area contributed by atoms with Crippen LogP contribution in [0.3, 0.4) is 0 Å². The van der Waals surface area contributed by atoms with Gasteiger partial charge in [-0.2, -0.15) is 0 Å². The molecule has 0 N–H and O–H groups in total. The highest BCUT2D eigenvalue weighted by atomic mass is 16.3. The fourth-order valence-corrected chi connectivity index (χ4v) is 4.21. The summed E-state index contributed by atoms with van der Waals surface area (Å²) in [7, 11) is 0. The fraction of sp³-hybridized carbons (Fsp3) is 0.179. The van der Waals surface area contributed by atoms with E-state index in [0.29, 0.717) is 5.92 Å². The number of hydrogen-bond donors (Lipinski definition) is 0. The normalized spacial score (nSPS) is 11.5. The highest BCUT2D eigenvalue weighted by Gasteiger charge is 2.20. The highest BCUT2D eigenvalue weighted by Crippen LogP contribution is 2.43. The Morgan fingerprint density at radius 3 is 1.90 bits per heavy atom. The van der Waals surface area contributed by atoms with E-state index >= 15 is 0 Å². The van der Waals surface area contributed by atoms with E-state index in [1.54, 1.807) is 12.5 Å². The van der Waals surface area contributed by atoms with Gasteiger partial charge in [-0.25, -0.2) is 4.98 Å². The number of fused-ring (bicyclic) bond motifs is 1. The minimum absolute atomic E-state index is 0.477. The average molecular weight is 408 g/mol. The van der Waals surface area contributed by atoms with E-state index in [2.05, 4.69) is 64.1 Å². The van der Waals surface area contributed by atoms with Gasteiger partial charge in [0.05, 0.1) is 12.5 Å². The van der Waals surface area contributed by atoms with E-state index in [1.165, 1.54) is 33.4 Å². The molecule has 154 valence electrons. The van der Waals surface area contributed by atoms with Crippen LogP contribution in [0.5, 0.6) is 0 Å². The van der Waals surface area contributed by atoms with Crippen LogP contribution in [-0.4, -0.2) is 4.98 Å². The molecule has 0 atom stereocenters. The van der Waals surface area contributed by atoms with Crippen molar-refractivity contribution in [3.63, 3.8) is 0 Å². The maximum Gasteiger partial charge on any atom is 0.152 e. The Bertz CT molecular complexity index is 1260. The number of pyridine rings is 1. The first-order valence-electron chi connectivity index (χ1n) is 10.7. The van der Waals surface area contributed by atoms with Gasteiger partial charge in [0.25, 0.3) is 0 Å². The van der Waals surface area contributed by atoms with E-state index in [9.17, 15) is 0 Å². The summed E-state index contributed by atoms with van der Waals surface area (Å²) in [5.41, 5.74) is 10.4. The average Bonchev–Trinajstić information content (AvgIpc) is 3.50. The molecule has 0 aliphatic heterocycles. The van der Waals surface area contributed by atoms with Crippen LogP contribution in [0.4, 0.5) is 0 Å². The van der Waals surface area contributed by atoms with Crippen LogP contribution in [0.25, 0.3) is 45.2 Å². The molecule has 0 unspecified atom stereocenters. The molecule has 5 rings (SSSR count).